The van der Waals surface area contributed by atoms with Crippen molar-refractivity contribution in [2.75, 3.05) is 26.6 Å². The van der Waals surface area contributed by atoms with Gasteiger partial charge in [-0.1, -0.05) is 109 Å². The van der Waals surface area contributed by atoms with E-state index in [4.69, 9.17) is 23.4 Å². The molecule has 1 aliphatic carbocycles. The van der Waals surface area contributed by atoms with E-state index in [0.29, 0.717) is 48.0 Å². The quantitative estimate of drug-likeness (QED) is 0.0412. The molecule has 4 aliphatic rings. The van der Waals surface area contributed by atoms with Gasteiger partial charge in [0.1, 0.15) is 23.7 Å². The molecule has 6 aromatic rings. The molecule has 7 atom stereocenters. The van der Waals surface area contributed by atoms with E-state index in [2.05, 4.69) is 84.9 Å². The summed E-state index contributed by atoms with van der Waals surface area (Å²) >= 11 is 0. The van der Waals surface area contributed by atoms with Crippen LogP contribution in [0.1, 0.15) is 134 Å². The third-order valence-electron chi connectivity index (χ3n) is 15.4. The number of aryl methyl sites for hydroxylation is 2. The van der Waals surface area contributed by atoms with E-state index in [1.807, 2.05) is 31.2 Å². The maximum Gasteiger partial charge on any atom is 0.339 e. The molecule has 1 aromatic heterocycles. The first kappa shape index (κ1) is 50.6. The molecular formula is C61H66O11. The average molecular weight is 975 g/mol. The van der Waals surface area contributed by atoms with Crippen LogP contribution in [0.25, 0.3) is 11.0 Å². The predicted molar refractivity (Wildman–Crippen MR) is 275 cm³/mol. The van der Waals surface area contributed by atoms with Crippen LogP contribution in [-0.4, -0.2) is 65.6 Å². The molecule has 3 aliphatic heterocycles. The molecule has 5 aromatic carbocycles. The average Bonchev–Trinajstić information content (AvgIpc) is 3.39. The van der Waals surface area contributed by atoms with Gasteiger partial charge in [-0.2, -0.15) is 0 Å². The van der Waals surface area contributed by atoms with E-state index in [1.165, 1.54) is 16.7 Å². The zero-order valence-electron chi connectivity index (χ0n) is 41.3. The van der Waals surface area contributed by atoms with Crippen LogP contribution in [0.2, 0.25) is 0 Å². The van der Waals surface area contributed by atoms with Crippen molar-refractivity contribution in [1.82, 2.24) is 0 Å². The number of esters is 2. The fourth-order valence-corrected chi connectivity index (χ4v) is 11.5. The minimum Gasteiger partial charge on any atom is -0.483 e. The molecule has 11 nitrogen and oxygen atoms in total. The van der Waals surface area contributed by atoms with Crippen molar-refractivity contribution in [2.45, 2.75) is 120 Å². The normalized spacial score (nSPS) is 23.5. The van der Waals surface area contributed by atoms with Crippen LogP contribution >= 0.6 is 0 Å². The molecule has 3 N–H and O–H groups in total. The van der Waals surface area contributed by atoms with Crippen molar-refractivity contribution in [2.24, 2.45) is 5.92 Å². The molecule has 0 radical (unpaired) electrons. The Morgan fingerprint density at radius 1 is 0.792 bits per heavy atom. The van der Waals surface area contributed by atoms with Crippen LogP contribution in [0.3, 0.4) is 0 Å². The maximum absolute atomic E-state index is 15.2. The summed E-state index contributed by atoms with van der Waals surface area (Å²) in [5.74, 6) is -1.26. The molecule has 0 saturated heterocycles. The highest BCUT2D eigenvalue weighted by atomic mass is 16.6. The zero-order chi connectivity index (χ0) is 50.2. The first-order valence-electron chi connectivity index (χ1n) is 25.6. The lowest BCUT2D eigenvalue weighted by molar-refractivity contribution is -0.192. The van der Waals surface area contributed by atoms with Crippen LogP contribution in [0.5, 0.6) is 5.75 Å². The Labute approximate surface area is 421 Å². The molecule has 376 valence electrons. The summed E-state index contributed by atoms with van der Waals surface area (Å²) in [4.78, 5) is 44.1. The fourth-order valence-electron chi connectivity index (χ4n) is 11.5. The predicted octanol–water partition coefficient (Wildman–Crippen LogP) is 10.5. The number of hydrogen-bond donors (Lipinski definition) is 3. The van der Waals surface area contributed by atoms with Gasteiger partial charge in [0.25, 0.3) is 0 Å². The molecule has 72 heavy (non-hydrogen) atoms. The maximum atomic E-state index is 15.2. The van der Waals surface area contributed by atoms with Gasteiger partial charge >= 0.3 is 17.6 Å². The van der Waals surface area contributed by atoms with Gasteiger partial charge in [-0.25, -0.2) is 9.59 Å². The Kier molecular flexibility index (Phi) is 16.2. The number of carbonyl (C=O) groups is 2. The van der Waals surface area contributed by atoms with Crippen LogP contribution in [0.4, 0.5) is 0 Å². The minimum atomic E-state index is -1.29. The Morgan fingerprint density at radius 2 is 1.54 bits per heavy atom. The number of aliphatic hydroxyl groups excluding tert-OH is 3. The topological polar surface area (TPSA) is 162 Å². The number of carbonyl (C=O) groups excluding carboxylic acids is 2. The van der Waals surface area contributed by atoms with E-state index >= 15 is 4.79 Å². The molecule has 2 bridgehead atoms. The highest BCUT2D eigenvalue weighted by Crippen LogP contribution is 2.51. The SMILES string of the molecule is CC(CO)=C1CCc2ccc(cc2)C2CCC(c3cccc(Cc4ccccc4)c3)CC2CC(=O)OC2c3c(ccc4cc(C(CCO)COCO)c(=O)oc34)OC(C)(CCCc3ccccc3)C2OC1=O. The van der Waals surface area contributed by atoms with Gasteiger partial charge in [0.15, 0.2) is 12.2 Å². The van der Waals surface area contributed by atoms with Gasteiger partial charge < -0.3 is 38.7 Å². The Morgan fingerprint density at radius 3 is 2.28 bits per heavy atom. The third-order valence-corrected chi connectivity index (χ3v) is 15.4. The second-order valence-electron chi connectivity index (χ2n) is 20.2. The van der Waals surface area contributed by atoms with Crippen molar-refractivity contribution in [1.29, 1.82) is 0 Å². The summed E-state index contributed by atoms with van der Waals surface area (Å²) in [6.45, 7) is 2.40. The van der Waals surface area contributed by atoms with Crippen molar-refractivity contribution in [3.05, 3.63) is 193 Å². The number of fused-ring (bicyclic) bond motifs is 11. The minimum absolute atomic E-state index is 0.0315. The van der Waals surface area contributed by atoms with E-state index in [9.17, 15) is 24.9 Å². The molecule has 4 heterocycles. The largest absolute Gasteiger partial charge is 0.483 e. The fraction of sp³-hybridized carbons (Fsp3) is 0.393. The van der Waals surface area contributed by atoms with E-state index in [1.54, 1.807) is 25.1 Å². The third kappa shape index (κ3) is 11.5. The lowest BCUT2D eigenvalue weighted by atomic mass is 9.68. The van der Waals surface area contributed by atoms with Crippen LogP contribution in [0.15, 0.2) is 148 Å². The molecule has 11 heteroatoms. The van der Waals surface area contributed by atoms with Crippen molar-refractivity contribution >= 4 is 22.9 Å². The molecule has 7 unspecified atom stereocenters. The number of benzene rings is 5. The summed E-state index contributed by atoms with van der Waals surface area (Å²) in [5.41, 5.74) is 6.49. The summed E-state index contributed by atoms with van der Waals surface area (Å²) in [5, 5.41) is 30.4. The van der Waals surface area contributed by atoms with Gasteiger partial charge in [-0.15, -0.1) is 0 Å². The number of aliphatic hydroxyl groups is 3. The van der Waals surface area contributed by atoms with Gasteiger partial charge in [0.2, 0.25) is 0 Å². The van der Waals surface area contributed by atoms with Crippen molar-refractivity contribution in [3.8, 4) is 5.75 Å². The van der Waals surface area contributed by atoms with E-state index in [0.717, 1.165) is 42.4 Å². The van der Waals surface area contributed by atoms with Gasteiger partial charge in [0.05, 0.1) is 18.8 Å². The summed E-state index contributed by atoms with van der Waals surface area (Å²) in [7, 11) is 0. The molecule has 10 rings (SSSR count). The van der Waals surface area contributed by atoms with Crippen molar-refractivity contribution < 1.29 is 48.3 Å². The van der Waals surface area contributed by atoms with Crippen LogP contribution < -0.4 is 10.4 Å². The Balaban J connectivity index is 1.14. The number of ether oxygens (including phenoxy) is 4. The summed E-state index contributed by atoms with van der Waals surface area (Å²) in [6, 6.07) is 43.1. The first-order valence-corrected chi connectivity index (χ1v) is 25.6. The van der Waals surface area contributed by atoms with Crippen molar-refractivity contribution in [3.63, 3.8) is 0 Å². The first-order chi connectivity index (χ1) is 35.0. The van der Waals surface area contributed by atoms with Gasteiger partial charge in [0, 0.05) is 35.5 Å². The summed E-state index contributed by atoms with van der Waals surface area (Å²) < 4.78 is 32.0. The Hall–Kier alpha value is -6.37. The molecule has 0 spiro atoms. The van der Waals surface area contributed by atoms with Gasteiger partial charge in [-0.05, 0) is 153 Å². The smallest absolute Gasteiger partial charge is 0.339 e. The zero-order valence-corrected chi connectivity index (χ0v) is 41.3. The number of hydrogen-bond acceptors (Lipinski definition) is 11. The molecular weight excluding hydrogens is 909 g/mol. The monoisotopic (exact) mass is 974 g/mol. The summed E-state index contributed by atoms with van der Waals surface area (Å²) in [6.07, 6.45) is 3.66. The second kappa shape index (κ2) is 23.0. The van der Waals surface area contributed by atoms with E-state index < -0.39 is 48.1 Å². The molecule has 1 fully saturated rings. The lowest BCUT2D eigenvalue weighted by Crippen LogP contribution is -2.54. The number of rotatable bonds is 14. The van der Waals surface area contributed by atoms with E-state index in [-0.39, 0.29) is 73.5 Å². The Bertz CT molecular complexity index is 2910. The molecule has 1 saturated carbocycles. The van der Waals surface area contributed by atoms with Crippen LogP contribution in [-0.2, 0) is 43.1 Å². The molecule has 0 amide bonds. The second-order valence-corrected chi connectivity index (χ2v) is 20.2. The van der Waals surface area contributed by atoms with Gasteiger partial charge in [-0.3, -0.25) is 4.79 Å². The lowest BCUT2D eigenvalue weighted by Gasteiger charge is -2.45. The highest BCUT2D eigenvalue weighted by Gasteiger charge is 2.53. The standard InChI is InChI=1S/C61H66O11/c1-39(36-63)50-25-20-41-18-21-44(22-19-41)51-26-23-46(45-17-9-15-43(32-45)31-42-13-7-4-8-14-42)33-49(51)35-54(65)69-57-55-53(27-24-47-34-52(60(67)70-56(47)55)48(28-30-62)37-68-38-64)72-61(2,58(57)71-59(50)66)29-10-16-40-11-5-3-6-12-40/h3-9,11-15,17-19,21-22,24,27,32,34,46,48-49,51,57-58,62-64H,10,16,20,23,25-26,28-31,33,35-38H2,1-2H3. The van der Waals surface area contributed by atoms with Crippen LogP contribution in [0, 0.1) is 5.92 Å². The highest BCUT2D eigenvalue weighted by molar-refractivity contribution is 5.90.